The van der Waals surface area contributed by atoms with Crippen LogP contribution in [0.3, 0.4) is 0 Å². The Morgan fingerprint density at radius 3 is 2.29 bits per heavy atom. The van der Waals surface area contributed by atoms with Crippen molar-refractivity contribution in [1.29, 1.82) is 0 Å². The predicted octanol–water partition coefficient (Wildman–Crippen LogP) is 3.93. The summed E-state index contributed by atoms with van der Waals surface area (Å²) in [6.07, 6.45) is -0.521. The first-order valence-corrected chi connectivity index (χ1v) is 7.69. The summed E-state index contributed by atoms with van der Waals surface area (Å²) in [6.45, 7) is 5.36. The zero-order chi connectivity index (χ0) is 17.6. The molecule has 124 valence electrons. The molecule has 1 amide bonds. The lowest BCUT2D eigenvalue weighted by molar-refractivity contribution is 0.0636. The first-order valence-electron chi connectivity index (χ1n) is 7.69. The molecule has 0 aromatic heterocycles. The molecule has 0 unspecified atom stereocenters. The Morgan fingerprint density at radius 2 is 1.62 bits per heavy atom. The number of carbonyl (C=O) groups is 1. The van der Waals surface area contributed by atoms with E-state index in [9.17, 15) is 9.90 Å². The molecule has 0 aliphatic heterocycles. The Hall–Kier alpha value is -2.77. The first kappa shape index (κ1) is 17.6. The topological polar surface area (TPSA) is 58.6 Å². The minimum absolute atomic E-state index is 0.0668. The van der Waals surface area contributed by atoms with Crippen molar-refractivity contribution in [2.24, 2.45) is 0 Å². The molecule has 2 rings (SSSR count). The van der Waals surface area contributed by atoms with Crippen molar-refractivity contribution in [3.05, 3.63) is 65.2 Å². The molecular weight excluding hydrogens is 302 g/mol. The van der Waals surface area contributed by atoms with Gasteiger partial charge >= 0.3 is 6.09 Å². The number of carbonyl (C=O) groups excluding carboxylic acids is 1. The van der Waals surface area contributed by atoms with E-state index in [4.69, 9.17) is 4.74 Å². The number of rotatable bonds is 2. The lowest BCUT2D eigenvalue weighted by Crippen LogP contribution is -2.27. The van der Waals surface area contributed by atoms with Crippen LogP contribution in [-0.4, -0.2) is 16.8 Å². The second-order valence-electron chi connectivity index (χ2n) is 6.24. The third-order valence-electron chi connectivity index (χ3n) is 3.08. The third kappa shape index (κ3) is 5.15. The summed E-state index contributed by atoms with van der Waals surface area (Å²) in [5, 5.41) is 12.1. The number of aliphatic hydroxyl groups excluding tert-OH is 1. The van der Waals surface area contributed by atoms with Crippen LogP contribution in [0.1, 0.15) is 37.5 Å². The second kappa shape index (κ2) is 7.67. The normalized spacial score (nSPS) is 10.5. The molecule has 2 N–H and O–H groups in total. The van der Waals surface area contributed by atoms with E-state index in [1.807, 2.05) is 63.2 Å². The highest BCUT2D eigenvalue weighted by atomic mass is 16.6. The van der Waals surface area contributed by atoms with Gasteiger partial charge in [-0.3, -0.25) is 5.32 Å². The van der Waals surface area contributed by atoms with Gasteiger partial charge in [-0.05, 0) is 44.5 Å². The molecule has 0 heterocycles. The van der Waals surface area contributed by atoms with E-state index in [1.54, 1.807) is 6.07 Å². The number of para-hydroxylation sites is 1. The average Bonchev–Trinajstić information content (AvgIpc) is 2.52. The number of hydrogen-bond acceptors (Lipinski definition) is 3. The summed E-state index contributed by atoms with van der Waals surface area (Å²) in [5.41, 5.74) is 2.22. The van der Waals surface area contributed by atoms with E-state index in [0.717, 1.165) is 11.1 Å². The van der Waals surface area contributed by atoms with Gasteiger partial charge in [0, 0.05) is 11.1 Å². The molecule has 0 saturated heterocycles. The van der Waals surface area contributed by atoms with Crippen LogP contribution in [0.25, 0.3) is 0 Å². The largest absolute Gasteiger partial charge is 0.444 e. The van der Waals surface area contributed by atoms with E-state index in [2.05, 4.69) is 17.2 Å². The molecule has 24 heavy (non-hydrogen) atoms. The SMILES string of the molecule is CC(C)(C)OC(=O)Nc1ccccc1C#Cc1ccccc1CO. The van der Waals surface area contributed by atoms with Crippen LogP contribution in [0.5, 0.6) is 0 Å². The summed E-state index contributed by atoms with van der Waals surface area (Å²) in [4.78, 5) is 11.9. The number of anilines is 1. The van der Waals surface area contributed by atoms with E-state index in [0.29, 0.717) is 11.3 Å². The smallest absolute Gasteiger partial charge is 0.412 e. The van der Waals surface area contributed by atoms with Crippen molar-refractivity contribution >= 4 is 11.8 Å². The van der Waals surface area contributed by atoms with Crippen molar-refractivity contribution in [1.82, 2.24) is 0 Å². The number of aliphatic hydroxyl groups is 1. The lowest BCUT2D eigenvalue weighted by atomic mass is 10.1. The number of nitrogens with one attached hydrogen (secondary N) is 1. The highest BCUT2D eigenvalue weighted by Crippen LogP contribution is 2.16. The number of amides is 1. The molecule has 4 heteroatoms. The van der Waals surface area contributed by atoms with Crippen molar-refractivity contribution in [2.45, 2.75) is 33.0 Å². The van der Waals surface area contributed by atoms with E-state index in [-0.39, 0.29) is 6.61 Å². The molecule has 0 bridgehead atoms. The van der Waals surface area contributed by atoms with Crippen LogP contribution >= 0.6 is 0 Å². The van der Waals surface area contributed by atoms with Gasteiger partial charge in [0.25, 0.3) is 0 Å². The Labute approximate surface area is 142 Å². The maximum atomic E-state index is 11.9. The van der Waals surface area contributed by atoms with Gasteiger partial charge in [0.2, 0.25) is 0 Å². The molecule has 0 fully saturated rings. The van der Waals surface area contributed by atoms with Gasteiger partial charge in [0.15, 0.2) is 0 Å². The number of benzene rings is 2. The quantitative estimate of drug-likeness (QED) is 0.823. The van der Waals surface area contributed by atoms with Crippen molar-refractivity contribution < 1.29 is 14.6 Å². The zero-order valence-corrected chi connectivity index (χ0v) is 14.1. The Morgan fingerprint density at radius 1 is 1.04 bits per heavy atom. The molecule has 2 aromatic rings. The van der Waals surface area contributed by atoms with Crippen molar-refractivity contribution in [3.8, 4) is 11.8 Å². The van der Waals surface area contributed by atoms with Crippen molar-refractivity contribution in [2.75, 3.05) is 5.32 Å². The minimum Gasteiger partial charge on any atom is -0.444 e. The van der Waals surface area contributed by atoms with Crippen LogP contribution in [0, 0.1) is 11.8 Å². The third-order valence-corrected chi connectivity index (χ3v) is 3.08. The summed E-state index contributed by atoms with van der Waals surface area (Å²) in [7, 11) is 0. The van der Waals surface area contributed by atoms with E-state index in [1.165, 1.54) is 0 Å². The Kier molecular flexibility index (Phi) is 5.62. The molecule has 0 atom stereocenters. The summed E-state index contributed by atoms with van der Waals surface area (Å²) < 4.78 is 5.26. The van der Waals surface area contributed by atoms with E-state index < -0.39 is 11.7 Å². The average molecular weight is 323 g/mol. The molecular formula is C20H21NO3. The van der Waals surface area contributed by atoms with Gasteiger partial charge < -0.3 is 9.84 Å². The lowest BCUT2D eigenvalue weighted by Gasteiger charge is -2.20. The fourth-order valence-electron chi connectivity index (χ4n) is 2.03. The number of ether oxygens (including phenoxy) is 1. The molecule has 0 radical (unpaired) electrons. The van der Waals surface area contributed by atoms with Gasteiger partial charge in [-0.1, -0.05) is 42.2 Å². The molecule has 0 aliphatic rings. The molecule has 0 aliphatic carbocycles. The van der Waals surface area contributed by atoms with Gasteiger partial charge in [-0.15, -0.1) is 0 Å². The summed E-state index contributed by atoms with van der Waals surface area (Å²) in [5.74, 6) is 6.08. The number of hydrogen-bond donors (Lipinski definition) is 2. The zero-order valence-electron chi connectivity index (χ0n) is 14.1. The van der Waals surface area contributed by atoms with Crippen LogP contribution in [0.4, 0.5) is 10.5 Å². The monoisotopic (exact) mass is 323 g/mol. The molecule has 0 spiro atoms. The van der Waals surface area contributed by atoms with Gasteiger partial charge in [0.1, 0.15) is 5.60 Å². The molecule has 4 nitrogen and oxygen atoms in total. The highest BCUT2D eigenvalue weighted by molar-refractivity contribution is 5.87. The van der Waals surface area contributed by atoms with Crippen LogP contribution in [0.15, 0.2) is 48.5 Å². The van der Waals surface area contributed by atoms with Crippen LogP contribution in [-0.2, 0) is 11.3 Å². The highest BCUT2D eigenvalue weighted by Gasteiger charge is 2.16. The van der Waals surface area contributed by atoms with Gasteiger partial charge in [-0.2, -0.15) is 0 Å². The fraction of sp³-hybridized carbons (Fsp3) is 0.250. The first-order chi connectivity index (χ1) is 11.4. The standard InChI is InChI=1S/C20H21NO3/c1-20(2,3)24-19(23)21-18-11-7-6-9-16(18)13-12-15-8-4-5-10-17(15)14-22/h4-11,22H,14H2,1-3H3,(H,21,23). The Bertz CT molecular complexity index is 779. The summed E-state index contributed by atoms with van der Waals surface area (Å²) in [6, 6.07) is 14.7. The van der Waals surface area contributed by atoms with Crippen molar-refractivity contribution in [3.63, 3.8) is 0 Å². The van der Waals surface area contributed by atoms with Gasteiger partial charge in [0.05, 0.1) is 12.3 Å². The summed E-state index contributed by atoms with van der Waals surface area (Å²) >= 11 is 0. The maximum Gasteiger partial charge on any atom is 0.412 e. The van der Waals surface area contributed by atoms with Gasteiger partial charge in [-0.25, -0.2) is 4.79 Å². The fourth-order valence-corrected chi connectivity index (χ4v) is 2.03. The van der Waals surface area contributed by atoms with Crippen LogP contribution < -0.4 is 5.32 Å². The minimum atomic E-state index is -0.565. The van der Waals surface area contributed by atoms with Crippen LogP contribution in [0.2, 0.25) is 0 Å². The molecule has 0 saturated carbocycles. The second-order valence-corrected chi connectivity index (χ2v) is 6.24. The van der Waals surface area contributed by atoms with E-state index >= 15 is 0 Å². The predicted molar refractivity (Wildman–Crippen MR) is 94.6 cm³/mol. The molecule has 2 aromatic carbocycles. The maximum absolute atomic E-state index is 11.9. The Balaban J connectivity index is 2.24.